The molecule has 0 aromatic heterocycles. The van der Waals surface area contributed by atoms with Crippen molar-refractivity contribution in [1.82, 2.24) is 9.80 Å². The van der Waals surface area contributed by atoms with Crippen LogP contribution in [-0.2, 0) is 14.4 Å². The fourth-order valence-corrected chi connectivity index (χ4v) is 5.90. The number of para-hydroxylation sites is 1. The van der Waals surface area contributed by atoms with Crippen molar-refractivity contribution in [2.24, 2.45) is 11.3 Å². The van der Waals surface area contributed by atoms with E-state index in [9.17, 15) is 18.8 Å². The van der Waals surface area contributed by atoms with Crippen molar-refractivity contribution in [2.75, 3.05) is 36.5 Å². The van der Waals surface area contributed by atoms with E-state index in [1.807, 2.05) is 35.2 Å². The molecule has 2 aromatic carbocycles. The molecule has 0 radical (unpaired) electrons. The van der Waals surface area contributed by atoms with E-state index in [0.29, 0.717) is 44.0 Å². The molecule has 2 aromatic rings. The van der Waals surface area contributed by atoms with Crippen LogP contribution in [0.1, 0.15) is 53.4 Å². The molecule has 3 amide bonds. The van der Waals surface area contributed by atoms with Crippen LogP contribution in [0.3, 0.4) is 0 Å². The summed E-state index contributed by atoms with van der Waals surface area (Å²) in [4.78, 5) is 45.3. The van der Waals surface area contributed by atoms with Gasteiger partial charge in [0.15, 0.2) is 0 Å². The number of hydrogen-bond donors (Lipinski definition) is 1. The van der Waals surface area contributed by atoms with E-state index < -0.39 is 5.54 Å². The second kappa shape index (κ2) is 11.1. The minimum absolute atomic E-state index is 0.0937. The molecule has 4 rings (SSSR count). The predicted octanol–water partition coefficient (Wildman–Crippen LogP) is 4.89. The second-order valence-corrected chi connectivity index (χ2v) is 11.9. The molecule has 1 N–H and O–H groups in total. The molecule has 1 unspecified atom stereocenters. The summed E-state index contributed by atoms with van der Waals surface area (Å²) in [6.45, 7) is 9.89. The summed E-state index contributed by atoms with van der Waals surface area (Å²) in [5.41, 5.74) is 0.765. The monoisotopic (exact) mass is 522 g/mol. The number of nitrogens with zero attached hydrogens (tertiary/aromatic N) is 3. The Morgan fingerprint density at radius 1 is 1.03 bits per heavy atom. The van der Waals surface area contributed by atoms with Gasteiger partial charge in [-0.1, -0.05) is 45.9 Å². The number of carbonyl (C=O) groups is 3. The smallest absolute Gasteiger partial charge is 0.250 e. The molecule has 2 heterocycles. The van der Waals surface area contributed by atoms with Gasteiger partial charge < -0.3 is 20.0 Å². The molecular weight excluding hydrogens is 483 g/mol. The van der Waals surface area contributed by atoms with Crippen molar-refractivity contribution in [3.05, 3.63) is 60.4 Å². The summed E-state index contributed by atoms with van der Waals surface area (Å²) in [7, 11) is 0. The van der Waals surface area contributed by atoms with E-state index >= 15 is 0 Å². The van der Waals surface area contributed by atoms with Crippen LogP contribution in [0.15, 0.2) is 54.6 Å². The van der Waals surface area contributed by atoms with Gasteiger partial charge in [0.25, 0.3) is 5.91 Å². The van der Waals surface area contributed by atoms with Crippen LogP contribution in [0.5, 0.6) is 0 Å². The standard InChI is InChI=1S/C30H39FN4O3/c1-22(19-29(2,3)4)18-27(37)33-16-14-30(15-17-33)28(38)34(21-35(30)25-8-6-5-7-9-25)20-26(36)32-24-12-10-23(31)11-13-24/h5-13,22H,14-21H2,1-4H3,(H,32,36). The summed E-state index contributed by atoms with van der Waals surface area (Å²) < 4.78 is 13.2. The normalized spacial score (nSPS) is 18.1. The van der Waals surface area contributed by atoms with Crippen LogP contribution < -0.4 is 10.2 Å². The van der Waals surface area contributed by atoms with Gasteiger partial charge in [0, 0.05) is 30.9 Å². The average Bonchev–Trinajstić information content (AvgIpc) is 3.11. The van der Waals surface area contributed by atoms with Crippen molar-refractivity contribution < 1.29 is 18.8 Å². The van der Waals surface area contributed by atoms with E-state index in [1.165, 1.54) is 24.3 Å². The Hall–Kier alpha value is -3.42. The maximum absolute atomic E-state index is 13.9. The van der Waals surface area contributed by atoms with Gasteiger partial charge in [0.05, 0.1) is 6.67 Å². The Labute approximate surface area is 225 Å². The molecule has 1 spiro atoms. The highest BCUT2D eigenvalue weighted by atomic mass is 19.1. The van der Waals surface area contributed by atoms with Crippen molar-refractivity contribution in [3.8, 4) is 0 Å². The second-order valence-electron chi connectivity index (χ2n) is 11.9. The van der Waals surface area contributed by atoms with Crippen LogP contribution in [-0.4, -0.2) is 59.4 Å². The third-order valence-corrected chi connectivity index (χ3v) is 7.47. The van der Waals surface area contributed by atoms with E-state index in [2.05, 4.69) is 37.9 Å². The molecule has 1 atom stereocenters. The van der Waals surface area contributed by atoms with E-state index in [-0.39, 0.29) is 42.2 Å². The van der Waals surface area contributed by atoms with E-state index in [1.54, 1.807) is 4.90 Å². The molecule has 0 aliphatic carbocycles. The van der Waals surface area contributed by atoms with Crippen molar-refractivity contribution >= 4 is 29.1 Å². The fourth-order valence-electron chi connectivity index (χ4n) is 5.90. The number of rotatable bonds is 7. The number of amides is 3. The lowest BCUT2D eigenvalue weighted by Crippen LogP contribution is -2.57. The van der Waals surface area contributed by atoms with Gasteiger partial charge in [0.1, 0.15) is 17.9 Å². The van der Waals surface area contributed by atoms with Crippen LogP contribution in [0.25, 0.3) is 0 Å². The minimum Gasteiger partial charge on any atom is -0.342 e. The Balaban J connectivity index is 1.45. The first-order valence-electron chi connectivity index (χ1n) is 13.4. The molecule has 204 valence electrons. The number of halogens is 1. The first-order valence-corrected chi connectivity index (χ1v) is 13.4. The first kappa shape index (κ1) is 27.6. The number of hydrogen-bond acceptors (Lipinski definition) is 4. The number of likely N-dealkylation sites (tertiary alicyclic amines) is 1. The maximum atomic E-state index is 13.9. The zero-order valence-corrected chi connectivity index (χ0v) is 22.9. The summed E-state index contributed by atoms with van der Waals surface area (Å²) in [6.07, 6.45) is 2.51. The fraction of sp³-hybridized carbons (Fsp3) is 0.500. The zero-order chi connectivity index (χ0) is 27.5. The van der Waals surface area contributed by atoms with Gasteiger partial charge in [-0.25, -0.2) is 4.39 Å². The van der Waals surface area contributed by atoms with Crippen molar-refractivity contribution in [2.45, 2.75) is 58.9 Å². The average molecular weight is 523 g/mol. The lowest BCUT2D eigenvalue weighted by molar-refractivity contribution is -0.139. The Morgan fingerprint density at radius 2 is 1.66 bits per heavy atom. The van der Waals surface area contributed by atoms with Crippen LogP contribution in [0.4, 0.5) is 15.8 Å². The summed E-state index contributed by atoms with van der Waals surface area (Å²) >= 11 is 0. The molecule has 38 heavy (non-hydrogen) atoms. The maximum Gasteiger partial charge on any atom is 0.250 e. The molecule has 2 saturated heterocycles. The molecule has 2 fully saturated rings. The van der Waals surface area contributed by atoms with Gasteiger partial charge in [-0.05, 0) is 67.0 Å². The number of anilines is 2. The first-order chi connectivity index (χ1) is 18.0. The summed E-state index contributed by atoms with van der Waals surface area (Å²) in [6, 6.07) is 15.3. The largest absolute Gasteiger partial charge is 0.342 e. The molecule has 2 aliphatic heterocycles. The number of piperidine rings is 1. The number of nitrogens with one attached hydrogen (secondary N) is 1. The highest BCUT2D eigenvalue weighted by Crippen LogP contribution is 2.40. The third-order valence-electron chi connectivity index (χ3n) is 7.47. The molecule has 0 saturated carbocycles. The summed E-state index contributed by atoms with van der Waals surface area (Å²) in [5, 5.41) is 2.75. The van der Waals surface area contributed by atoms with Gasteiger partial charge in [0.2, 0.25) is 11.8 Å². The van der Waals surface area contributed by atoms with Gasteiger partial charge >= 0.3 is 0 Å². The van der Waals surface area contributed by atoms with Gasteiger partial charge in [-0.2, -0.15) is 0 Å². The van der Waals surface area contributed by atoms with Crippen LogP contribution in [0.2, 0.25) is 0 Å². The third kappa shape index (κ3) is 6.34. The quantitative estimate of drug-likeness (QED) is 0.562. The molecule has 2 aliphatic rings. The minimum atomic E-state index is -0.800. The van der Waals surface area contributed by atoms with Crippen molar-refractivity contribution in [3.63, 3.8) is 0 Å². The number of carbonyl (C=O) groups excluding carboxylic acids is 3. The van der Waals surface area contributed by atoms with Crippen LogP contribution in [0, 0.1) is 17.2 Å². The molecule has 0 bridgehead atoms. The van der Waals surface area contributed by atoms with Gasteiger partial charge in [-0.3, -0.25) is 14.4 Å². The topological polar surface area (TPSA) is 73.0 Å². The molecular formula is C30H39FN4O3. The highest BCUT2D eigenvalue weighted by molar-refractivity contribution is 5.99. The SMILES string of the molecule is CC(CC(=O)N1CCC2(CC1)C(=O)N(CC(=O)Nc1ccc(F)cc1)CN2c1ccccc1)CC(C)(C)C. The predicted molar refractivity (Wildman–Crippen MR) is 147 cm³/mol. The lowest BCUT2D eigenvalue weighted by Gasteiger charge is -2.43. The Kier molecular flexibility index (Phi) is 8.09. The van der Waals surface area contributed by atoms with E-state index in [0.717, 1.165) is 12.1 Å². The number of benzene rings is 2. The van der Waals surface area contributed by atoms with Crippen LogP contribution >= 0.6 is 0 Å². The van der Waals surface area contributed by atoms with E-state index in [4.69, 9.17) is 0 Å². The summed E-state index contributed by atoms with van der Waals surface area (Å²) in [5.74, 6) is -0.378. The molecule has 8 heteroatoms. The van der Waals surface area contributed by atoms with Crippen molar-refractivity contribution in [1.29, 1.82) is 0 Å². The zero-order valence-electron chi connectivity index (χ0n) is 22.9. The lowest BCUT2D eigenvalue weighted by atomic mass is 9.83. The Morgan fingerprint density at radius 3 is 2.26 bits per heavy atom. The highest BCUT2D eigenvalue weighted by Gasteiger charge is 2.54. The Bertz CT molecular complexity index is 1140. The van der Waals surface area contributed by atoms with Gasteiger partial charge in [-0.15, -0.1) is 0 Å². The molecule has 7 nitrogen and oxygen atoms in total.